The molecular weight excluding hydrogens is 198 g/mol. The minimum atomic E-state index is 0.249. The number of H-pyrrole nitrogens is 1. The van der Waals surface area contributed by atoms with Crippen LogP contribution >= 0.6 is 0 Å². The molecule has 16 heavy (non-hydrogen) atoms. The van der Waals surface area contributed by atoms with Gasteiger partial charge in [-0.25, -0.2) is 4.98 Å². The van der Waals surface area contributed by atoms with E-state index in [0.717, 1.165) is 11.5 Å². The Morgan fingerprint density at radius 3 is 2.56 bits per heavy atom. The normalized spacial score (nSPS) is 12.7. The number of imidazole rings is 1. The molecule has 1 atom stereocenters. The lowest BCUT2D eigenvalue weighted by atomic mass is 10.1. The summed E-state index contributed by atoms with van der Waals surface area (Å²) in [6.45, 7) is 4.17. The van der Waals surface area contributed by atoms with Crippen molar-refractivity contribution in [1.82, 2.24) is 15.3 Å². The van der Waals surface area contributed by atoms with Crippen LogP contribution in [0.5, 0.6) is 0 Å². The maximum atomic E-state index is 4.37. The zero-order chi connectivity index (χ0) is 11.5. The minimum Gasteiger partial charge on any atom is -0.341 e. The largest absolute Gasteiger partial charge is 0.341 e. The monoisotopic (exact) mass is 215 g/mol. The summed E-state index contributed by atoms with van der Waals surface area (Å²) >= 11 is 0. The number of hydrogen-bond donors (Lipinski definition) is 2. The van der Waals surface area contributed by atoms with Crippen LogP contribution in [-0.2, 0) is 0 Å². The van der Waals surface area contributed by atoms with E-state index < -0.39 is 0 Å². The number of aromatic nitrogens is 2. The fourth-order valence-corrected chi connectivity index (χ4v) is 1.57. The van der Waals surface area contributed by atoms with Gasteiger partial charge >= 0.3 is 0 Å². The molecule has 2 aromatic rings. The Balaban J connectivity index is 2.28. The SMILES string of the molecule is CN[C@H](C)c1ncc(-c2ccc(C)cc2)[nH]1. The van der Waals surface area contributed by atoms with Crippen LogP contribution in [0.4, 0.5) is 0 Å². The molecule has 0 saturated carbocycles. The summed E-state index contributed by atoms with van der Waals surface area (Å²) in [7, 11) is 1.93. The van der Waals surface area contributed by atoms with Crippen LogP contribution < -0.4 is 5.32 Å². The second-order valence-electron chi connectivity index (χ2n) is 4.06. The number of nitrogens with one attached hydrogen (secondary N) is 2. The highest BCUT2D eigenvalue weighted by Gasteiger charge is 2.07. The summed E-state index contributed by atoms with van der Waals surface area (Å²) in [4.78, 5) is 7.69. The van der Waals surface area contributed by atoms with Gasteiger partial charge in [0.05, 0.1) is 17.9 Å². The van der Waals surface area contributed by atoms with Gasteiger partial charge in [0.25, 0.3) is 0 Å². The molecule has 1 aromatic heterocycles. The minimum absolute atomic E-state index is 0.249. The predicted molar refractivity (Wildman–Crippen MR) is 66.2 cm³/mol. The van der Waals surface area contributed by atoms with Crippen LogP contribution in [0.15, 0.2) is 30.5 Å². The summed E-state index contributed by atoms with van der Waals surface area (Å²) < 4.78 is 0. The van der Waals surface area contributed by atoms with E-state index in [2.05, 4.69) is 53.4 Å². The molecule has 0 bridgehead atoms. The lowest BCUT2D eigenvalue weighted by Crippen LogP contribution is -2.13. The molecule has 0 aliphatic rings. The van der Waals surface area contributed by atoms with Crippen molar-refractivity contribution in [2.24, 2.45) is 0 Å². The zero-order valence-corrected chi connectivity index (χ0v) is 9.91. The van der Waals surface area contributed by atoms with Gasteiger partial charge in [-0.1, -0.05) is 29.8 Å². The highest BCUT2D eigenvalue weighted by Crippen LogP contribution is 2.19. The van der Waals surface area contributed by atoms with E-state index in [0.29, 0.717) is 0 Å². The number of rotatable bonds is 3. The first-order chi connectivity index (χ1) is 7.70. The van der Waals surface area contributed by atoms with Crippen molar-refractivity contribution in [1.29, 1.82) is 0 Å². The highest BCUT2D eigenvalue weighted by atomic mass is 15.0. The fourth-order valence-electron chi connectivity index (χ4n) is 1.57. The fraction of sp³-hybridized carbons (Fsp3) is 0.308. The number of benzene rings is 1. The van der Waals surface area contributed by atoms with E-state index in [4.69, 9.17) is 0 Å². The number of aryl methyl sites for hydroxylation is 1. The van der Waals surface area contributed by atoms with Gasteiger partial charge in [0.2, 0.25) is 0 Å². The van der Waals surface area contributed by atoms with E-state index in [1.807, 2.05) is 13.2 Å². The maximum absolute atomic E-state index is 4.37. The molecule has 84 valence electrons. The van der Waals surface area contributed by atoms with Gasteiger partial charge in [-0.05, 0) is 26.5 Å². The lowest BCUT2D eigenvalue weighted by Gasteiger charge is -2.05. The molecule has 0 amide bonds. The third-order valence-electron chi connectivity index (χ3n) is 2.80. The van der Waals surface area contributed by atoms with Gasteiger partial charge in [-0.2, -0.15) is 0 Å². The topological polar surface area (TPSA) is 40.7 Å². The number of aromatic amines is 1. The number of nitrogens with zero attached hydrogens (tertiary/aromatic N) is 1. The van der Waals surface area contributed by atoms with Crippen LogP contribution in [-0.4, -0.2) is 17.0 Å². The van der Waals surface area contributed by atoms with Crippen LogP contribution in [0, 0.1) is 6.92 Å². The molecule has 3 nitrogen and oxygen atoms in total. The molecule has 0 radical (unpaired) electrons. The van der Waals surface area contributed by atoms with Gasteiger partial charge in [-0.15, -0.1) is 0 Å². The Morgan fingerprint density at radius 2 is 1.94 bits per heavy atom. The van der Waals surface area contributed by atoms with Crippen molar-refractivity contribution in [3.63, 3.8) is 0 Å². The Bertz CT molecular complexity index is 456. The summed E-state index contributed by atoms with van der Waals surface area (Å²) in [6.07, 6.45) is 1.88. The smallest absolute Gasteiger partial charge is 0.123 e. The second kappa shape index (κ2) is 4.49. The maximum Gasteiger partial charge on any atom is 0.123 e. The van der Waals surface area contributed by atoms with Gasteiger partial charge in [-0.3, -0.25) is 0 Å². The molecule has 3 heteroatoms. The standard InChI is InChI=1S/C13H17N3/c1-9-4-6-11(7-5-9)12-8-15-13(16-12)10(2)14-3/h4-8,10,14H,1-3H3,(H,15,16)/t10-/m1/s1. The molecule has 0 aliphatic carbocycles. The van der Waals surface area contributed by atoms with Crippen molar-refractivity contribution in [2.45, 2.75) is 19.9 Å². The van der Waals surface area contributed by atoms with Crippen LogP contribution in [0.1, 0.15) is 24.4 Å². The predicted octanol–water partition coefficient (Wildman–Crippen LogP) is 2.67. The molecule has 0 unspecified atom stereocenters. The molecule has 1 heterocycles. The zero-order valence-electron chi connectivity index (χ0n) is 9.91. The first-order valence-electron chi connectivity index (χ1n) is 5.50. The van der Waals surface area contributed by atoms with E-state index in [1.54, 1.807) is 0 Å². The molecule has 0 saturated heterocycles. The summed E-state index contributed by atoms with van der Waals surface area (Å²) in [5.74, 6) is 0.970. The Hall–Kier alpha value is -1.61. The Labute approximate surface area is 95.9 Å². The summed E-state index contributed by atoms with van der Waals surface area (Å²) in [6, 6.07) is 8.68. The van der Waals surface area contributed by atoms with E-state index >= 15 is 0 Å². The molecule has 0 aliphatic heterocycles. The van der Waals surface area contributed by atoms with Crippen LogP contribution in [0.25, 0.3) is 11.3 Å². The quantitative estimate of drug-likeness (QED) is 0.826. The van der Waals surface area contributed by atoms with Gasteiger partial charge in [0, 0.05) is 0 Å². The lowest BCUT2D eigenvalue weighted by molar-refractivity contribution is 0.618. The third-order valence-corrected chi connectivity index (χ3v) is 2.80. The Morgan fingerprint density at radius 1 is 1.25 bits per heavy atom. The first kappa shape index (κ1) is 10.9. The van der Waals surface area contributed by atoms with Gasteiger partial charge < -0.3 is 10.3 Å². The molecule has 2 rings (SSSR count). The van der Waals surface area contributed by atoms with E-state index in [-0.39, 0.29) is 6.04 Å². The second-order valence-corrected chi connectivity index (χ2v) is 4.06. The number of hydrogen-bond acceptors (Lipinski definition) is 2. The van der Waals surface area contributed by atoms with Gasteiger partial charge in [0.1, 0.15) is 5.82 Å². The van der Waals surface area contributed by atoms with E-state index in [9.17, 15) is 0 Å². The Kier molecular flexibility index (Phi) is 3.06. The molecule has 1 aromatic carbocycles. The van der Waals surface area contributed by atoms with Crippen molar-refractivity contribution >= 4 is 0 Å². The molecular formula is C13H17N3. The molecule has 0 fully saturated rings. The van der Waals surface area contributed by atoms with Crippen LogP contribution in [0.3, 0.4) is 0 Å². The summed E-state index contributed by atoms with van der Waals surface area (Å²) in [5, 5.41) is 3.16. The average molecular weight is 215 g/mol. The van der Waals surface area contributed by atoms with Crippen LogP contribution in [0.2, 0.25) is 0 Å². The average Bonchev–Trinajstić information content (AvgIpc) is 2.78. The van der Waals surface area contributed by atoms with Crippen molar-refractivity contribution in [2.75, 3.05) is 7.05 Å². The molecule has 2 N–H and O–H groups in total. The van der Waals surface area contributed by atoms with Crippen molar-refractivity contribution in [3.8, 4) is 11.3 Å². The van der Waals surface area contributed by atoms with E-state index in [1.165, 1.54) is 11.1 Å². The summed E-state index contributed by atoms with van der Waals surface area (Å²) in [5.41, 5.74) is 3.51. The van der Waals surface area contributed by atoms with Crippen molar-refractivity contribution in [3.05, 3.63) is 41.9 Å². The molecule has 0 spiro atoms. The van der Waals surface area contributed by atoms with Gasteiger partial charge in [0.15, 0.2) is 0 Å². The highest BCUT2D eigenvalue weighted by molar-refractivity contribution is 5.58. The third kappa shape index (κ3) is 2.14. The first-order valence-corrected chi connectivity index (χ1v) is 5.50. The van der Waals surface area contributed by atoms with Crippen molar-refractivity contribution < 1.29 is 0 Å².